The molecule has 0 fully saturated rings. The fourth-order valence-electron chi connectivity index (χ4n) is 9.53. The Labute approximate surface area is 662 Å². The van der Waals surface area contributed by atoms with Crippen molar-refractivity contribution in [1.82, 2.24) is 69.5 Å². The number of esters is 2. The number of nitrogens with two attached hydrogens (primary N) is 1. The molecule has 8 rings (SSSR count). The van der Waals surface area contributed by atoms with E-state index >= 15 is 0 Å². The number of aliphatic hydroxyl groups is 8. The number of carbonyl (C=O) groups excluding carboxylic acids is 6. The van der Waals surface area contributed by atoms with E-state index in [1.54, 1.807) is 49.2 Å². The van der Waals surface area contributed by atoms with Crippen molar-refractivity contribution in [3.8, 4) is 23.4 Å². The monoisotopic (exact) mass is 1600 g/mol. The van der Waals surface area contributed by atoms with E-state index in [-0.39, 0.29) is 67.2 Å². The number of carboxylic acids is 1. The molecular weight excluding hydrogens is 1510 g/mol. The van der Waals surface area contributed by atoms with Crippen LogP contribution in [0, 0.1) is 0 Å². The van der Waals surface area contributed by atoms with Crippen molar-refractivity contribution in [3.05, 3.63) is 93.2 Å². The molecule has 7 aromatic rings. The normalized spacial score (nSPS) is 12.8. The molecule has 8 atom stereocenters. The molecule has 7 aromatic heterocycles. The number of hydrogen-bond donors (Lipinski definition) is 14. The number of alkyl halides is 3. The Hall–Kier alpha value is -9.80. The molecule has 1 aliphatic carbocycles. The van der Waals surface area contributed by atoms with Crippen LogP contribution in [0.5, 0.6) is 23.4 Å². The predicted molar refractivity (Wildman–Crippen MR) is 387 cm³/mol. The molecule has 0 aromatic carbocycles. The van der Waals surface area contributed by atoms with Crippen LogP contribution in [0.15, 0.2) is 64.7 Å². The predicted octanol–water partition coefficient (Wildman–Crippen LogP) is -3.48. The summed E-state index contributed by atoms with van der Waals surface area (Å²) in [7, 11) is 7.28. The molecule has 0 bridgehead atoms. The number of carbonyl (C=O) groups is 3. The third-order valence-corrected chi connectivity index (χ3v) is 15.1. The number of carboxylic acid groups (broad SMARTS) is 1. The number of rotatable bonds is 32. The zero-order valence-electron chi connectivity index (χ0n) is 63.7. The summed E-state index contributed by atoms with van der Waals surface area (Å²) < 4.78 is 68.4. The van der Waals surface area contributed by atoms with Crippen LogP contribution in [0.3, 0.4) is 0 Å². The van der Waals surface area contributed by atoms with Gasteiger partial charge in [0.2, 0.25) is 17.6 Å². The van der Waals surface area contributed by atoms with Crippen molar-refractivity contribution in [2.45, 2.75) is 155 Å². The number of aromatic amines is 1. The number of halogens is 3. The van der Waals surface area contributed by atoms with Crippen molar-refractivity contribution in [2.24, 2.45) is 15.7 Å². The summed E-state index contributed by atoms with van der Waals surface area (Å²) in [4.78, 5) is 113. The Morgan fingerprint density at radius 1 is 0.652 bits per heavy atom. The molecule has 0 amide bonds. The van der Waals surface area contributed by atoms with E-state index in [1.807, 2.05) is 66.1 Å². The molecule has 7 heterocycles. The molecule has 47 heteroatoms. The van der Waals surface area contributed by atoms with Gasteiger partial charge in [0.1, 0.15) is 64.2 Å². The van der Waals surface area contributed by atoms with E-state index < -0.39 is 85.9 Å². The number of aliphatic hydroxyl groups excluding tert-OH is 8. The standard InChI is InChI=1S/C17H26N4O4.C14H22N4O4.C12H17N3O4.C10H13N3O2.C7H15NO3.C2HF3O2.CHBN4.2CO2.Na/c1-5-12(22)14(17(23)25-7-3)18-8-11-9-21(6-2)15-13(11)19-10-20-16(15)24-4;1-3-18-5-9(4-15-10(6-19)11(21)7-20)12-13(18)14(22-2)17-8-16-12;16-4-9(10(18)5-17)13-3-7-1-2-8-11(7)14-6-15-12(8)19;1-4-13-5-7(14-2)8-9(13)10(15-3)12-6-11-8;1-3-5(9)6(8)7(10)11-4-2;3-2(4,5)1(6)7;1-4-2-5-6-3;2*2-1-3;/h9-10,12,14,18,22H,5-8H2,1-4H3;5,8,10-11,15,19-21H,3-4,6-7H2,1-2H3;1,6,9-10,13,16-18H,2-5H2,(H,14,15,19);5-6H,4H2,1-3H3;5-6,9H,3-4,8H2,1-2H3;(H,6,7);1H;;;/q;;;;;;-1;;;+1/t12-,14-;10-,11+;9-,10+;;5-,6-;;;;;/m100.1...../s1. The summed E-state index contributed by atoms with van der Waals surface area (Å²) in [6.07, 6.45) is 6.60. The summed E-state index contributed by atoms with van der Waals surface area (Å²) >= 11 is 0. The maximum Gasteiger partial charge on any atom is 1.00 e. The zero-order chi connectivity index (χ0) is 84.3. The van der Waals surface area contributed by atoms with Crippen LogP contribution < -0.4 is 75.7 Å². The van der Waals surface area contributed by atoms with Crippen LogP contribution in [0.4, 0.5) is 13.2 Å². The maximum atomic E-state index is 12.1. The SMILES string of the molecule is CCOC(=O)[C@H](N)[C@H](O)CC.CCOC(=O)[C@H](NCc1cn(CC)c2c(OC)ncnc12)[C@H](O)CC.CCn1cc(CN[C@@H](CO)[C@H](O)CO)c2ncnc(OC)c21.CCn1cc(OC)c2ncnc(OC)c21.O=C(O)C(F)(F)F.O=C=O.O=C=O.O=c1[nH]cnc2c1CC=C2CN[C@@H](CO)[C@H](O)CO.[CH-]=N[B]N=[N+]=[N-].[Na+]. The number of nitrogens with zero attached hydrogens (tertiary/aromatic N) is 14. The van der Waals surface area contributed by atoms with Crippen molar-refractivity contribution >= 4 is 83.2 Å². The number of aryl methyl sites for hydroxylation is 3. The first-order valence-corrected chi connectivity index (χ1v) is 33.4. The van der Waals surface area contributed by atoms with Gasteiger partial charge >= 0.3 is 73.5 Å². The second-order valence-corrected chi connectivity index (χ2v) is 21.7. The summed E-state index contributed by atoms with van der Waals surface area (Å²) in [6, 6.07) is -2.90. The van der Waals surface area contributed by atoms with Crippen LogP contribution in [0.25, 0.3) is 49.1 Å². The number of ether oxygens (including phenoxy) is 6. The van der Waals surface area contributed by atoms with Gasteiger partial charge in [0.15, 0.2) is 5.75 Å². The first-order chi connectivity index (χ1) is 53.0. The van der Waals surface area contributed by atoms with E-state index in [2.05, 4.69) is 82.1 Å². The van der Waals surface area contributed by atoms with E-state index in [0.29, 0.717) is 74.4 Å². The third kappa shape index (κ3) is 33.6. The number of H-pyrrole nitrogens is 1. The Kier molecular flexibility index (Phi) is 54.1. The number of hydrogen-bond acceptors (Lipinski definition) is 35. The van der Waals surface area contributed by atoms with E-state index in [9.17, 15) is 48.0 Å². The summed E-state index contributed by atoms with van der Waals surface area (Å²) in [5.41, 5.74) is 21.4. The largest absolute Gasteiger partial charge is 1.00 e. The second kappa shape index (κ2) is 58.1. The molecule has 112 heavy (non-hydrogen) atoms. The van der Waals surface area contributed by atoms with Gasteiger partial charge in [-0.1, -0.05) is 19.9 Å². The average molecular weight is 1600 g/mol. The van der Waals surface area contributed by atoms with Gasteiger partial charge in [-0.25, -0.2) is 24.7 Å². The number of methoxy groups -OCH3 is 4. The Morgan fingerprint density at radius 2 is 1.06 bits per heavy atom. The van der Waals surface area contributed by atoms with Crippen LogP contribution in [-0.2, 0) is 82.2 Å². The topological polar surface area (TPSA) is 618 Å². The van der Waals surface area contributed by atoms with Crippen molar-refractivity contribution in [3.63, 3.8) is 0 Å². The summed E-state index contributed by atoms with van der Waals surface area (Å²) in [6.45, 7) is 20.2. The Balaban J connectivity index is 0. The minimum absolute atomic E-state index is 0. The number of allylic oxidation sites excluding steroid dienone is 1. The number of nitrogens with one attached hydrogen (secondary N) is 4. The van der Waals surface area contributed by atoms with Gasteiger partial charge in [-0.15, -0.1) is 5.03 Å². The van der Waals surface area contributed by atoms with Gasteiger partial charge in [-0.05, 0) is 69.9 Å². The smallest absolute Gasteiger partial charge is 0.563 e. The molecule has 0 saturated carbocycles. The quantitative estimate of drug-likeness (QED) is 0.00370. The average Bonchev–Trinajstić information content (AvgIpc) is 1.65. The molecule has 0 saturated heterocycles. The molecule has 0 spiro atoms. The number of azide groups is 1. The first kappa shape index (κ1) is 104. The molecule has 42 nitrogen and oxygen atoms in total. The summed E-state index contributed by atoms with van der Waals surface area (Å²) in [5.74, 6) is -1.42. The number of aliphatic carboxylic acids is 1. The van der Waals surface area contributed by atoms with E-state index in [0.717, 1.165) is 82.7 Å². The Bertz CT molecular complexity index is 4130. The van der Waals surface area contributed by atoms with Crippen molar-refractivity contribution in [2.75, 3.05) is 74.6 Å². The number of fused-ring (bicyclic) bond motifs is 4. The van der Waals surface area contributed by atoms with Crippen LogP contribution in [-0.4, -0.2) is 273 Å². The maximum absolute atomic E-state index is 12.1. The van der Waals surface area contributed by atoms with E-state index in [1.165, 1.54) is 25.3 Å². The molecule has 0 unspecified atom stereocenters. The van der Waals surface area contributed by atoms with Gasteiger partial charge in [0, 0.05) is 74.5 Å². The molecule has 15 N–H and O–H groups in total. The van der Waals surface area contributed by atoms with Gasteiger partial charge < -0.3 is 121 Å². The van der Waals surface area contributed by atoms with Gasteiger partial charge in [-0.3, -0.25) is 19.7 Å². The van der Waals surface area contributed by atoms with Gasteiger partial charge in [-0.2, -0.15) is 47.3 Å². The third-order valence-electron chi connectivity index (χ3n) is 15.1. The molecule has 1 radical (unpaired) electrons. The van der Waals surface area contributed by atoms with Crippen LogP contribution in [0.1, 0.15) is 83.7 Å². The minimum atomic E-state index is -5.08. The van der Waals surface area contributed by atoms with Crippen molar-refractivity contribution < 1.29 is 151 Å². The van der Waals surface area contributed by atoms with Gasteiger partial charge in [0.25, 0.3) is 5.56 Å². The minimum Gasteiger partial charge on any atom is -0.563 e. The Morgan fingerprint density at radius 3 is 1.43 bits per heavy atom. The van der Waals surface area contributed by atoms with Crippen LogP contribution >= 0.6 is 0 Å². The van der Waals surface area contributed by atoms with Crippen molar-refractivity contribution in [1.29, 1.82) is 0 Å². The van der Waals surface area contributed by atoms with Gasteiger partial charge in [0.05, 0.1) is 117 Å². The number of aromatic nitrogens is 11. The van der Waals surface area contributed by atoms with E-state index in [4.69, 9.17) is 84.5 Å². The summed E-state index contributed by atoms with van der Waals surface area (Å²) in [5, 5.41) is 93.6. The van der Waals surface area contributed by atoms with Crippen LogP contribution in [0.2, 0.25) is 0 Å². The second-order valence-electron chi connectivity index (χ2n) is 21.7. The fraction of sp³-hybridized carbons (Fsp3) is 0.538. The molecule has 613 valence electrons. The first-order valence-electron chi connectivity index (χ1n) is 33.4. The molecular formula is C65H95BF3N19NaO23. The zero-order valence-corrected chi connectivity index (χ0v) is 65.7. The molecule has 0 aliphatic heterocycles. The molecule has 1 aliphatic rings. The fourth-order valence-corrected chi connectivity index (χ4v) is 9.53.